The van der Waals surface area contributed by atoms with Crippen molar-refractivity contribution in [2.24, 2.45) is 10.2 Å². The Morgan fingerprint density at radius 1 is 0.746 bits per heavy atom. The third-order valence-corrected chi connectivity index (χ3v) is 10.3. The summed E-state index contributed by atoms with van der Waals surface area (Å²) in [6.45, 7) is 19.3. The number of rotatable bonds is 34. The number of nitrogens with zero attached hydrogens (tertiary/aromatic N) is 5. The molecule has 0 atom stereocenters. The van der Waals surface area contributed by atoms with Gasteiger partial charge in [0, 0.05) is 31.6 Å². The number of hydrogen-bond donors (Lipinski definition) is 0. The van der Waals surface area contributed by atoms with Crippen LogP contribution in [0.1, 0.15) is 120 Å². The molecule has 0 aliphatic carbocycles. The van der Waals surface area contributed by atoms with Crippen LogP contribution in [0.5, 0.6) is 0 Å². The van der Waals surface area contributed by atoms with Gasteiger partial charge in [-0.3, -0.25) is 9.59 Å². The lowest BCUT2D eigenvalue weighted by molar-refractivity contribution is -0.146. The fraction of sp³-hybridized carbons (Fsp3) is 0.609. The molecule has 12 nitrogen and oxygen atoms in total. The van der Waals surface area contributed by atoms with E-state index in [0.717, 1.165) is 61.1 Å². The summed E-state index contributed by atoms with van der Waals surface area (Å²) in [5.74, 6) is -0.408. The van der Waals surface area contributed by atoms with E-state index in [2.05, 4.69) is 64.2 Å². The molecule has 0 radical (unpaired) electrons. The highest BCUT2D eigenvalue weighted by molar-refractivity contribution is 7.20. The van der Waals surface area contributed by atoms with Crippen LogP contribution in [-0.2, 0) is 33.3 Å². The molecule has 0 fully saturated rings. The lowest BCUT2D eigenvalue weighted by atomic mass is 10.1. The van der Waals surface area contributed by atoms with E-state index in [1.54, 1.807) is 6.92 Å². The Balaban J connectivity index is 1.80. The topological polar surface area (TPSA) is 136 Å². The van der Waals surface area contributed by atoms with E-state index in [0.29, 0.717) is 92.4 Å². The van der Waals surface area contributed by atoms with Crippen molar-refractivity contribution in [2.75, 3.05) is 70.8 Å². The van der Waals surface area contributed by atoms with Crippen LogP contribution in [0.15, 0.2) is 52.7 Å². The van der Waals surface area contributed by atoms with Gasteiger partial charge in [0.05, 0.1) is 57.5 Å². The van der Waals surface area contributed by atoms with Gasteiger partial charge < -0.3 is 28.6 Å². The lowest BCUT2D eigenvalue weighted by Crippen LogP contribution is -2.31. The smallest absolute Gasteiger partial charge is 0.305 e. The lowest BCUT2D eigenvalue weighted by Gasteiger charge is -2.25. The summed E-state index contributed by atoms with van der Waals surface area (Å²) >= 11 is 1.16. The summed E-state index contributed by atoms with van der Waals surface area (Å²) in [5, 5.41) is 19.2. The maximum atomic E-state index is 12.2. The minimum absolute atomic E-state index is 0.200. The zero-order chi connectivity index (χ0) is 42.8. The molecule has 13 heteroatoms. The molecular weight excluding hydrogens is 767 g/mol. The summed E-state index contributed by atoms with van der Waals surface area (Å²) in [7, 11) is 0. The molecule has 2 aromatic rings. The number of aryl methyl sites for hydroxylation is 1. The van der Waals surface area contributed by atoms with Crippen molar-refractivity contribution in [3.05, 3.63) is 70.6 Å². The summed E-state index contributed by atoms with van der Waals surface area (Å²) in [6.07, 6.45) is 22.4. The van der Waals surface area contributed by atoms with Gasteiger partial charge in [0.15, 0.2) is 0 Å². The molecule has 0 unspecified atom stereocenters. The first kappa shape index (κ1) is 50.7. The van der Waals surface area contributed by atoms with Crippen molar-refractivity contribution in [3.8, 4) is 6.07 Å². The van der Waals surface area contributed by atoms with Crippen LogP contribution < -0.4 is 4.90 Å². The molecule has 0 bridgehead atoms. The summed E-state index contributed by atoms with van der Waals surface area (Å²) in [6, 6.07) is 7.98. The number of carbonyl (C=O) groups excluding carboxylic acids is 2. The molecule has 59 heavy (non-hydrogen) atoms. The molecule has 0 saturated heterocycles. The Morgan fingerprint density at radius 2 is 1.25 bits per heavy atom. The number of benzene rings is 1. The van der Waals surface area contributed by atoms with Crippen molar-refractivity contribution in [2.45, 2.75) is 118 Å². The van der Waals surface area contributed by atoms with Crippen molar-refractivity contribution in [1.29, 1.82) is 5.26 Å². The van der Waals surface area contributed by atoms with Crippen molar-refractivity contribution < 1.29 is 33.3 Å². The Labute approximate surface area is 357 Å². The van der Waals surface area contributed by atoms with Crippen LogP contribution in [0.4, 0.5) is 21.4 Å². The molecule has 1 aromatic heterocycles. The summed E-state index contributed by atoms with van der Waals surface area (Å²) in [4.78, 5) is 29.8. The number of unbranched alkanes of at least 4 members (excludes halogenated alkanes) is 8. The number of hydrogen-bond acceptors (Lipinski definition) is 12. The Bertz CT molecular complexity index is 1660. The highest BCUT2D eigenvalue weighted by Gasteiger charge is 2.15. The van der Waals surface area contributed by atoms with E-state index in [1.807, 2.05) is 25.1 Å². The standard InChI is InChI=1S/C46H67N5O7S/c1-6-8-10-12-14-16-18-20-22-43(52)57-34-32-55-29-27-51(26-28-54-30-31-56-33-35-58-44(53)23-21-19-17-15-13-11-9-7-2)40-24-25-42(38(3)36-40)49-50-46-41(37-47)39(4)45(48-5)59-46/h14-17,24-25,36H,6-13,18-23,26-35H2,1-4H3/b16-14+,17-15+,50-49?. The normalized spacial score (nSPS) is 11.4. The van der Waals surface area contributed by atoms with Crippen molar-refractivity contribution in [3.63, 3.8) is 0 Å². The van der Waals surface area contributed by atoms with E-state index in [1.165, 1.54) is 38.5 Å². The van der Waals surface area contributed by atoms with Gasteiger partial charge in [0.1, 0.15) is 24.3 Å². The van der Waals surface area contributed by atoms with E-state index in [9.17, 15) is 14.9 Å². The Hall–Kier alpha value is -4.40. The van der Waals surface area contributed by atoms with Crippen LogP contribution in [0.3, 0.4) is 0 Å². The second-order valence-corrected chi connectivity index (χ2v) is 15.1. The second-order valence-electron chi connectivity index (χ2n) is 14.1. The zero-order valence-electron chi connectivity index (χ0n) is 36.0. The van der Waals surface area contributed by atoms with Gasteiger partial charge in [-0.2, -0.15) is 5.26 Å². The Kier molecular flexibility index (Phi) is 28.8. The SMILES string of the molecule is [C-]#[N+]c1sc(N=Nc2ccc(N(CCOCCOCCOC(=O)CCC/C=C/CCCCC)CCOCCOC(=O)CCC/C=C/CCCCC)cc2C)c(C#N)c1C. The number of esters is 2. The van der Waals surface area contributed by atoms with Crippen LogP contribution in [0.25, 0.3) is 4.85 Å². The Morgan fingerprint density at radius 3 is 1.75 bits per heavy atom. The van der Waals surface area contributed by atoms with Gasteiger partial charge in [0.2, 0.25) is 5.00 Å². The first-order valence-electron chi connectivity index (χ1n) is 21.4. The highest BCUT2D eigenvalue weighted by Crippen LogP contribution is 2.41. The molecule has 2 rings (SSSR count). The van der Waals surface area contributed by atoms with E-state index >= 15 is 0 Å². The third-order valence-electron chi connectivity index (χ3n) is 9.26. The number of carbonyl (C=O) groups is 2. The highest BCUT2D eigenvalue weighted by atomic mass is 32.1. The average molecular weight is 834 g/mol. The number of anilines is 1. The molecular formula is C46H67N5O7S. The molecule has 0 aliphatic rings. The summed E-state index contributed by atoms with van der Waals surface area (Å²) < 4.78 is 28.0. The number of azo groups is 1. The van der Waals surface area contributed by atoms with Crippen LogP contribution in [0.2, 0.25) is 0 Å². The van der Waals surface area contributed by atoms with Gasteiger partial charge in [-0.05, 0) is 94.5 Å². The fourth-order valence-corrected chi connectivity index (χ4v) is 6.65. The fourth-order valence-electron chi connectivity index (χ4n) is 5.78. The van der Waals surface area contributed by atoms with Crippen LogP contribution in [-0.4, -0.2) is 77.9 Å². The molecule has 0 amide bonds. The number of nitriles is 1. The minimum atomic E-state index is -0.207. The van der Waals surface area contributed by atoms with Crippen LogP contribution >= 0.6 is 11.3 Å². The first-order chi connectivity index (χ1) is 28.8. The maximum Gasteiger partial charge on any atom is 0.305 e. The van der Waals surface area contributed by atoms with E-state index in [4.69, 9.17) is 30.3 Å². The summed E-state index contributed by atoms with van der Waals surface area (Å²) in [5.41, 5.74) is 3.48. The predicted molar refractivity (Wildman–Crippen MR) is 236 cm³/mol. The van der Waals surface area contributed by atoms with Crippen molar-refractivity contribution >= 4 is 44.7 Å². The molecule has 0 aliphatic heterocycles. The van der Waals surface area contributed by atoms with Gasteiger partial charge in [0.25, 0.3) is 0 Å². The van der Waals surface area contributed by atoms with Gasteiger partial charge in [-0.1, -0.05) is 63.8 Å². The largest absolute Gasteiger partial charge is 0.463 e. The minimum Gasteiger partial charge on any atom is -0.463 e. The monoisotopic (exact) mass is 833 g/mol. The molecule has 0 N–H and O–H groups in total. The molecule has 0 saturated carbocycles. The molecule has 0 spiro atoms. The number of thiophene rings is 1. The zero-order valence-corrected chi connectivity index (χ0v) is 36.8. The van der Waals surface area contributed by atoms with E-state index < -0.39 is 0 Å². The number of allylic oxidation sites excluding steroid dienone is 4. The third kappa shape index (κ3) is 23.1. The van der Waals surface area contributed by atoms with Crippen LogP contribution in [0, 0.1) is 31.8 Å². The van der Waals surface area contributed by atoms with Gasteiger partial charge in [-0.15, -0.1) is 21.6 Å². The predicted octanol–water partition coefficient (Wildman–Crippen LogP) is 11.8. The maximum absolute atomic E-state index is 12.2. The van der Waals surface area contributed by atoms with Gasteiger partial charge in [-0.25, -0.2) is 4.85 Å². The number of ether oxygens (including phenoxy) is 5. The molecule has 1 aromatic carbocycles. The first-order valence-corrected chi connectivity index (χ1v) is 22.2. The molecule has 324 valence electrons. The van der Waals surface area contributed by atoms with Gasteiger partial charge >= 0.3 is 11.9 Å². The average Bonchev–Trinajstić information content (AvgIpc) is 3.55. The van der Waals surface area contributed by atoms with E-state index in [-0.39, 0.29) is 25.2 Å². The second kappa shape index (κ2) is 33.4. The molecule has 1 heterocycles. The quantitative estimate of drug-likeness (QED) is 0.0222. The van der Waals surface area contributed by atoms with Crippen molar-refractivity contribution in [1.82, 2.24) is 0 Å².